The fourth-order valence-electron chi connectivity index (χ4n) is 3.29. The van der Waals surface area contributed by atoms with E-state index in [2.05, 4.69) is 29.2 Å². The third-order valence-electron chi connectivity index (χ3n) is 4.56. The molecule has 1 aliphatic heterocycles. The van der Waals surface area contributed by atoms with Crippen LogP contribution < -0.4 is 9.47 Å². The Bertz CT molecular complexity index is 799. The number of likely N-dealkylation sites (tertiary alicyclic amines) is 1. The van der Waals surface area contributed by atoms with Crippen LogP contribution in [0.3, 0.4) is 0 Å². The summed E-state index contributed by atoms with van der Waals surface area (Å²) in [4.78, 5) is 14.7. The van der Waals surface area contributed by atoms with Crippen LogP contribution in [0.5, 0.6) is 11.5 Å². The lowest BCUT2D eigenvalue weighted by atomic mass is 9.99. The summed E-state index contributed by atoms with van der Waals surface area (Å²) in [5.74, 6) is 1.69. The highest BCUT2D eigenvalue weighted by molar-refractivity contribution is 6.00. The van der Waals surface area contributed by atoms with Crippen LogP contribution in [0.2, 0.25) is 0 Å². The standard InChI is InChI=1S/C23H27NO3/c1-3-26-22-11-10-19(15-23(22)27-4-2)14-20-17-24(13-12-21(20)25)16-18-8-6-5-7-9-18/h5-11,14-15H,3-4,12-13,16-17H2,1-2H3/b20-14+. The largest absolute Gasteiger partial charge is 0.490 e. The summed E-state index contributed by atoms with van der Waals surface area (Å²) in [5.41, 5.74) is 3.08. The van der Waals surface area contributed by atoms with Crippen LogP contribution in [0.4, 0.5) is 0 Å². The smallest absolute Gasteiger partial charge is 0.161 e. The van der Waals surface area contributed by atoms with E-state index in [4.69, 9.17) is 9.47 Å². The first-order chi connectivity index (χ1) is 13.2. The molecule has 0 aromatic heterocycles. The van der Waals surface area contributed by atoms with Crippen molar-refractivity contribution in [1.29, 1.82) is 0 Å². The summed E-state index contributed by atoms with van der Waals surface area (Å²) in [7, 11) is 0. The first-order valence-corrected chi connectivity index (χ1v) is 9.59. The number of rotatable bonds is 7. The van der Waals surface area contributed by atoms with Gasteiger partial charge in [0, 0.05) is 31.6 Å². The molecule has 0 N–H and O–H groups in total. The van der Waals surface area contributed by atoms with Crippen molar-refractivity contribution in [3.05, 3.63) is 65.2 Å². The van der Waals surface area contributed by atoms with E-state index in [-0.39, 0.29) is 5.78 Å². The second-order valence-corrected chi connectivity index (χ2v) is 6.61. The minimum Gasteiger partial charge on any atom is -0.490 e. The Morgan fingerprint density at radius 1 is 1.00 bits per heavy atom. The Kier molecular flexibility index (Phi) is 6.66. The Morgan fingerprint density at radius 3 is 2.48 bits per heavy atom. The van der Waals surface area contributed by atoms with Gasteiger partial charge >= 0.3 is 0 Å². The molecule has 3 rings (SSSR count). The highest BCUT2D eigenvalue weighted by Gasteiger charge is 2.21. The van der Waals surface area contributed by atoms with Gasteiger partial charge < -0.3 is 9.47 Å². The molecule has 1 heterocycles. The van der Waals surface area contributed by atoms with Crippen molar-refractivity contribution in [3.63, 3.8) is 0 Å². The SMILES string of the molecule is CCOc1ccc(/C=C2\CN(Cc3ccccc3)CCC2=O)cc1OCC. The Morgan fingerprint density at radius 2 is 1.74 bits per heavy atom. The van der Waals surface area contributed by atoms with Crippen LogP contribution in [-0.2, 0) is 11.3 Å². The average Bonchev–Trinajstić information content (AvgIpc) is 2.68. The predicted molar refractivity (Wildman–Crippen MR) is 108 cm³/mol. The second-order valence-electron chi connectivity index (χ2n) is 6.61. The third kappa shape index (κ3) is 5.20. The second kappa shape index (κ2) is 9.38. The van der Waals surface area contributed by atoms with Crippen molar-refractivity contribution in [2.45, 2.75) is 26.8 Å². The zero-order chi connectivity index (χ0) is 19.1. The monoisotopic (exact) mass is 365 g/mol. The van der Waals surface area contributed by atoms with Gasteiger partial charge in [-0.25, -0.2) is 0 Å². The molecule has 0 saturated carbocycles. The molecule has 0 atom stereocenters. The van der Waals surface area contributed by atoms with Gasteiger partial charge in [0.1, 0.15) is 0 Å². The Hall–Kier alpha value is -2.59. The van der Waals surface area contributed by atoms with Crippen LogP contribution in [0, 0.1) is 0 Å². The third-order valence-corrected chi connectivity index (χ3v) is 4.56. The van der Waals surface area contributed by atoms with E-state index in [1.165, 1.54) is 5.56 Å². The normalized spacial score (nSPS) is 16.5. The molecule has 27 heavy (non-hydrogen) atoms. The van der Waals surface area contributed by atoms with Gasteiger partial charge in [-0.3, -0.25) is 9.69 Å². The predicted octanol–water partition coefficient (Wildman–Crippen LogP) is 4.34. The Labute approximate surface area is 161 Å². The lowest BCUT2D eigenvalue weighted by molar-refractivity contribution is -0.117. The van der Waals surface area contributed by atoms with Gasteiger partial charge in [0.05, 0.1) is 13.2 Å². The number of carbonyl (C=O) groups excluding carboxylic acids is 1. The van der Waals surface area contributed by atoms with Crippen molar-refractivity contribution in [2.24, 2.45) is 0 Å². The van der Waals surface area contributed by atoms with Crippen molar-refractivity contribution in [1.82, 2.24) is 4.90 Å². The van der Waals surface area contributed by atoms with E-state index >= 15 is 0 Å². The number of hydrogen-bond donors (Lipinski definition) is 0. The lowest BCUT2D eigenvalue weighted by Crippen LogP contribution is -2.35. The fraction of sp³-hybridized carbons (Fsp3) is 0.348. The number of piperidine rings is 1. The number of nitrogens with zero attached hydrogens (tertiary/aromatic N) is 1. The molecule has 0 bridgehead atoms. The molecule has 0 radical (unpaired) electrons. The molecule has 0 amide bonds. The lowest BCUT2D eigenvalue weighted by Gasteiger charge is -2.28. The topological polar surface area (TPSA) is 38.8 Å². The number of Topliss-reactive ketones (excluding diaryl/α,β-unsaturated/α-hetero) is 1. The molecule has 1 saturated heterocycles. The van der Waals surface area contributed by atoms with E-state index in [0.29, 0.717) is 26.2 Å². The number of carbonyl (C=O) groups is 1. The van der Waals surface area contributed by atoms with Crippen LogP contribution in [0.1, 0.15) is 31.4 Å². The zero-order valence-corrected chi connectivity index (χ0v) is 16.1. The summed E-state index contributed by atoms with van der Waals surface area (Å²) >= 11 is 0. The number of hydrogen-bond acceptors (Lipinski definition) is 4. The van der Waals surface area contributed by atoms with Crippen LogP contribution >= 0.6 is 0 Å². The minimum absolute atomic E-state index is 0.228. The first-order valence-electron chi connectivity index (χ1n) is 9.59. The molecule has 0 aliphatic carbocycles. The van der Waals surface area contributed by atoms with E-state index in [1.807, 2.05) is 44.2 Å². The molecule has 4 nitrogen and oxygen atoms in total. The van der Waals surface area contributed by atoms with Crippen LogP contribution in [0.25, 0.3) is 6.08 Å². The maximum Gasteiger partial charge on any atom is 0.161 e. The van der Waals surface area contributed by atoms with E-state index in [1.54, 1.807) is 0 Å². The molecular formula is C23H27NO3. The van der Waals surface area contributed by atoms with Crippen molar-refractivity contribution >= 4 is 11.9 Å². The van der Waals surface area contributed by atoms with Gasteiger partial charge in [0.25, 0.3) is 0 Å². The zero-order valence-electron chi connectivity index (χ0n) is 16.1. The van der Waals surface area contributed by atoms with E-state index < -0.39 is 0 Å². The number of ether oxygens (including phenoxy) is 2. The summed E-state index contributed by atoms with van der Waals surface area (Å²) in [6, 6.07) is 16.2. The summed E-state index contributed by atoms with van der Waals surface area (Å²) < 4.78 is 11.3. The molecular weight excluding hydrogens is 338 g/mol. The van der Waals surface area contributed by atoms with Crippen LogP contribution in [-0.4, -0.2) is 37.0 Å². The highest BCUT2D eigenvalue weighted by atomic mass is 16.5. The average molecular weight is 365 g/mol. The van der Waals surface area contributed by atoms with E-state index in [9.17, 15) is 4.79 Å². The number of ketones is 1. The molecule has 142 valence electrons. The van der Waals surface area contributed by atoms with Gasteiger partial charge in [-0.2, -0.15) is 0 Å². The molecule has 4 heteroatoms. The molecule has 1 fully saturated rings. The highest BCUT2D eigenvalue weighted by Crippen LogP contribution is 2.30. The van der Waals surface area contributed by atoms with Crippen molar-refractivity contribution in [2.75, 3.05) is 26.3 Å². The van der Waals surface area contributed by atoms with Gasteiger partial charge in [0.2, 0.25) is 0 Å². The quantitative estimate of drug-likeness (QED) is 0.684. The first kappa shape index (κ1) is 19.2. The van der Waals surface area contributed by atoms with Crippen molar-refractivity contribution in [3.8, 4) is 11.5 Å². The maximum absolute atomic E-state index is 12.4. The summed E-state index contributed by atoms with van der Waals surface area (Å²) in [6.45, 7) is 7.40. The van der Waals surface area contributed by atoms with Crippen molar-refractivity contribution < 1.29 is 14.3 Å². The molecule has 2 aromatic rings. The van der Waals surface area contributed by atoms with Crippen LogP contribution in [0.15, 0.2) is 54.1 Å². The van der Waals surface area contributed by atoms with Gasteiger partial charge in [-0.1, -0.05) is 36.4 Å². The minimum atomic E-state index is 0.228. The van der Waals surface area contributed by atoms with Gasteiger partial charge in [-0.05, 0) is 43.2 Å². The maximum atomic E-state index is 12.4. The molecule has 0 unspecified atom stereocenters. The summed E-state index contributed by atoms with van der Waals surface area (Å²) in [5, 5.41) is 0. The Balaban J connectivity index is 1.77. The molecule has 0 spiro atoms. The van der Waals surface area contributed by atoms with E-state index in [0.717, 1.165) is 35.7 Å². The fourth-order valence-corrected chi connectivity index (χ4v) is 3.29. The molecule has 2 aromatic carbocycles. The number of benzene rings is 2. The van der Waals surface area contributed by atoms with Gasteiger partial charge in [0.15, 0.2) is 17.3 Å². The summed E-state index contributed by atoms with van der Waals surface area (Å²) in [6.07, 6.45) is 2.55. The van der Waals surface area contributed by atoms with Gasteiger partial charge in [-0.15, -0.1) is 0 Å². The molecule has 1 aliphatic rings.